The van der Waals surface area contributed by atoms with Crippen molar-refractivity contribution in [3.8, 4) is 5.75 Å². The van der Waals surface area contributed by atoms with E-state index in [1.54, 1.807) is 12.3 Å². The third-order valence-corrected chi connectivity index (χ3v) is 2.04. The standard InChI is InChI=1S/C9H8N2O3/c1-14-8-5-7(11(12)13)4-6-2-3-10-9(6)8/h2-5,10H,1H3. The zero-order valence-corrected chi connectivity index (χ0v) is 7.48. The first-order chi connectivity index (χ1) is 6.72. The maximum Gasteiger partial charge on any atom is 0.273 e. The lowest BCUT2D eigenvalue weighted by atomic mass is 10.2. The fourth-order valence-corrected chi connectivity index (χ4v) is 1.39. The van der Waals surface area contributed by atoms with Crippen molar-refractivity contribution in [2.75, 3.05) is 7.11 Å². The van der Waals surface area contributed by atoms with Crippen LogP contribution < -0.4 is 4.74 Å². The Labute approximate surface area is 79.5 Å². The van der Waals surface area contributed by atoms with Gasteiger partial charge in [-0.25, -0.2) is 0 Å². The number of hydrogen-bond donors (Lipinski definition) is 1. The molecule has 0 atom stereocenters. The van der Waals surface area contributed by atoms with Gasteiger partial charge in [0.25, 0.3) is 5.69 Å². The van der Waals surface area contributed by atoms with Crippen LogP contribution in [0.3, 0.4) is 0 Å². The van der Waals surface area contributed by atoms with Gasteiger partial charge in [-0.3, -0.25) is 10.1 Å². The summed E-state index contributed by atoms with van der Waals surface area (Å²) in [5.74, 6) is 0.485. The summed E-state index contributed by atoms with van der Waals surface area (Å²) in [4.78, 5) is 13.1. The van der Waals surface area contributed by atoms with Crippen LogP contribution in [-0.2, 0) is 0 Å². The molecular formula is C9H8N2O3. The number of nitrogens with one attached hydrogen (secondary N) is 1. The number of aromatic nitrogens is 1. The summed E-state index contributed by atoms with van der Waals surface area (Å²) in [5, 5.41) is 11.3. The molecule has 0 fully saturated rings. The number of hydrogen-bond acceptors (Lipinski definition) is 3. The van der Waals surface area contributed by atoms with Gasteiger partial charge in [-0.1, -0.05) is 0 Å². The van der Waals surface area contributed by atoms with E-state index in [4.69, 9.17) is 4.74 Å². The molecule has 72 valence electrons. The molecule has 1 aromatic carbocycles. The molecular weight excluding hydrogens is 184 g/mol. The van der Waals surface area contributed by atoms with Crippen LogP contribution in [0.15, 0.2) is 24.4 Å². The van der Waals surface area contributed by atoms with E-state index in [1.807, 2.05) is 0 Å². The van der Waals surface area contributed by atoms with Crippen LogP contribution in [-0.4, -0.2) is 17.0 Å². The van der Waals surface area contributed by atoms with Gasteiger partial charge in [0.2, 0.25) is 0 Å². The predicted molar refractivity (Wildman–Crippen MR) is 51.5 cm³/mol. The van der Waals surface area contributed by atoms with Crippen molar-refractivity contribution >= 4 is 16.6 Å². The normalized spacial score (nSPS) is 10.4. The van der Waals surface area contributed by atoms with E-state index < -0.39 is 4.92 Å². The highest BCUT2D eigenvalue weighted by Crippen LogP contribution is 2.29. The highest BCUT2D eigenvalue weighted by atomic mass is 16.6. The molecule has 5 nitrogen and oxygen atoms in total. The Bertz CT molecular complexity index is 490. The highest BCUT2D eigenvalue weighted by molar-refractivity contribution is 5.87. The molecule has 0 spiro atoms. The number of methoxy groups -OCH3 is 1. The summed E-state index contributed by atoms with van der Waals surface area (Å²) in [6, 6.07) is 4.68. The second-order valence-electron chi connectivity index (χ2n) is 2.85. The van der Waals surface area contributed by atoms with Crippen LogP contribution in [0.5, 0.6) is 5.75 Å². The highest BCUT2D eigenvalue weighted by Gasteiger charge is 2.12. The summed E-state index contributed by atoms with van der Waals surface area (Å²) in [5.41, 5.74) is 0.812. The molecule has 0 unspecified atom stereocenters. The minimum atomic E-state index is -0.436. The van der Waals surface area contributed by atoms with E-state index >= 15 is 0 Å². The lowest BCUT2D eigenvalue weighted by molar-refractivity contribution is -0.384. The SMILES string of the molecule is COc1cc([N+](=O)[O-])cc2cc[nH]c12. The molecule has 2 rings (SSSR count). The van der Waals surface area contributed by atoms with Gasteiger partial charge in [-0.15, -0.1) is 0 Å². The molecule has 0 bridgehead atoms. The lowest BCUT2D eigenvalue weighted by Gasteiger charge is -2.01. The number of benzene rings is 1. The smallest absolute Gasteiger partial charge is 0.273 e. The quantitative estimate of drug-likeness (QED) is 0.585. The van der Waals surface area contributed by atoms with Crippen molar-refractivity contribution in [1.82, 2.24) is 4.98 Å². The Morgan fingerprint density at radius 3 is 2.93 bits per heavy atom. The summed E-state index contributed by atoms with van der Waals surface area (Å²) in [7, 11) is 1.49. The molecule has 0 saturated carbocycles. The molecule has 0 radical (unpaired) electrons. The number of rotatable bonds is 2. The fraction of sp³-hybridized carbons (Fsp3) is 0.111. The molecule has 1 heterocycles. The van der Waals surface area contributed by atoms with E-state index in [1.165, 1.54) is 19.2 Å². The summed E-state index contributed by atoms with van der Waals surface area (Å²) in [6.07, 6.45) is 1.72. The molecule has 5 heteroatoms. The third kappa shape index (κ3) is 1.19. The fourth-order valence-electron chi connectivity index (χ4n) is 1.39. The van der Waals surface area contributed by atoms with Crippen LogP contribution in [0, 0.1) is 10.1 Å². The van der Waals surface area contributed by atoms with Crippen molar-refractivity contribution in [2.24, 2.45) is 0 Å². The number of ether oxygens (including phenoxy) is 1. The van der Waals surface area contributed by atoms with Crippen LogP contribution >= 0.6 is 0 Å². The van der Waals surface area contributed by atoms with Crippen molar-refractivity contribution in [3.63, 3.8) is 0 Å². The maximum absolute atomic E-state index is 10.6. The van der Waals surface area contributed by atoms with E-state index in [2.05, 4.69) is 4.98 Å². The Hall–Kier alpha value is -2.04. The van der Waals surface area contributed by atoms with Crippen LogP contribution in [0.2, 0.25) is 0 Å². The van der Waals surface area contributed by atoms with Gasteiger partial charge in [0.05, 0.1) is 23.6 Å². The number of non-ortho nitro benzene ring substituents is 1. The lowest BCUT2D eigenvalue weighted by Crippen LogP contribution is -1.90. The second-order valence-corrected chi connectivity index (χ2v) is 2.85. The Morgan fingerprint density at radius 2 is 2.29 bits per heavy atom. The van der Waals surface area contributed by atoms with Gasteiger partial charge >= 0.3 is 0 Å². The van der Waals surface area contributed by atoms with Gasteiger partial charge in [0.1, 0.15) is 5.75 Å². The first-order valence-corrected chi connectivity index (χ1v) is 4.02. The molecule has 0 amide bonds. The van der Waals surface area contributed by atoms with Crippen molar-refractivity contribution < 1.29 is 9.66 Å². The third-order valence-electron chi connectivity index (χ3n) is 2.04. The molecule has 1 N–H and O–H groups in total. The van der Waals surface area contributed by atoms with Crippen LogP contribution in [0.4, 0.5) is 5.69 Å². The average molecular weight is 192 g/mol. The van der Waals surface area contributed by atoms with Crippen LogP contribution in [0.25, 0.3) is 10.9 Å². The first kappa shape index (κ1) is 8.55. The van der Waals surface area contributed by atoms with Gasteiger partial charge in [-0.2, -0.15) is 0 Å². The van der Waals surface area contributed by atoms with E-state index in [0.717, 1.165) is 10.9 Å². The molecule has 0 aliphatic carbocycles. The number of aromatic amines is 1. The number of nitro groups is 1. The molecule has 0 aliphatic heterocycles. The molecule has 0 aliphatic rings. The Morgan fingerprint density at radius 1 is 1.50 bits per heavy atom. The molecule has 1 aromatic heterocycles. The number of H-pyrrole nitrogens is 1. The van der Waals surface area contributed by atoms with E-state index in [0.29, 0.717) is 5.75 Å². The zero-order chi connectivity index (χ0) is 10.1. The summed E-state index contributed by atoms with van der Waals surface area (Å²) >= 11 is 0. The Balaban J connectivity index is 2.73. The molecule has 0 saturated heterocycles. The van der Waals surface area contributed by atoms with Gasteiger partial charge in [0.15, 0.2) is 0 Å². The zero-order valence-electron chi connectivity index (χ0n) is 7.48. The van der Waals surface area contributed by atoms with Gasteiger partial charge < -0.3 is 9.72 Å². The second kappa shape index (κ2) is 3.02. The van der Waals surface area contributed by atoms with E-state index in [-0.39, 0.29) is 5.69 Å². The largest absolute Gasteiger partial charge is 0.494 e. The Kier molecular flexibility index (Phi) is 1.85. The topological polar surface area (TPSA) is 68.2 Å². The van der Waals surface area contributed by atoms with Crippen LogP contribution in [0.1, 0.15) is 0 Å². The maximum atomic E-state index is 10.6. The number of nitro benzene ring substituents is 1. The average Bonchev–Trinajstić information content (AvgIpc) is 2.63. The monoisotopic (exact) mass is 192 g/mol. The van der Waals surface area contributed by atoms with E-state index in [9.17, 15) is 10.1 Å². The van der Waals surface area contributed by atoms with Gasteiger partial charge in [0, 0.05) is 17.6 Å². The van der Waals surface area contributed by atoms with Crippen molar-refractivity contribution in [2.45, 2.75) is 0 Å². The number of fused-ring (bicyclic) bond motifs is 1. The van der Waals surface area contributed by atoms with Crippen molar-refractivity contribution in [1.29, 1.82) is 0 Å². The first-order valence-electron chi connectivity index (χ1n) is 4.02. The molecule has 2 aromatic rings. The summed E-state index contributed by atoms with van der Waals surface area (Å²) < 4.78 is 5.04. The summed E-state index contributed by atoms with van der Waals surface area (Å²) in [6.45, 7) is 0. The van der Waals surface area contributed by atoms with Gasteiger partial charge in [-0.05, 0) is 6.07 Å². The minimum Gasteiger partial charge on any atom is -0.494 e. The number of nitrogens with zero attached hydrogens (tertiary/aromatic N) is 1. The minimum absolute atomic E-state index is 0.0361. The predicted octanol–water partition coefficient (Wildman–Crippen LogP) is 2.08. The molecule has 14 heavy (non-hydrogen) atoms. The van der Waals surface area contributed by atoms with Crippen molar-refractivity contribution in [3.05, 3.63) is 34.5 Å².